The summed E-state index contributed by atoms with van der Waals surface area (Å²) in [4.78, 5) is 14.2. The fraction of sp³-hybridized carbons (Fsp3) is 0.533. The Kier molecular flexibility index (Phi) is 6.52. The lowest BCUT2D eigenvalue weighted by Gasteiger charge is -2.29. The second kappa shape index (κ2) is 8.39. The summed E-state index contributed by atoms with van der Waals surface area (Å²) in [5, 5.41) is 2.70. The molecule has 7 nitrogen and oxygen atoms in total. The number of nitrogens with zero attached hydrogens (tertiary/aromatic N) is 2. The molecule has 2 rings (SSSR count). The zero-order chi connectivity index (χ0) is 16.7. The number of hydrogen-bond donors (Lipinski definition) is 1. The lowest BCUT2D eigenvalue weighted by atomic mass is 10.3. The number of benzene rings is 1. The van der Waals surface area contributed by atoms with Crippen molar-refractivity contribution in [2.24, 2.45) is 0 Å². The lowest BCUT2D eigenvalue weighted by molar-refractivity contribution is -0.116. The SMILES string of the molecule is CS(=O)(=O)N(CCN1CCOCC1)CC(=O)Nc1ccccc1. The van der Waals surface area contributed by atoms with Crippen molar-refractivity contribution in [1.29, 1.82) is 0 Å². The van der Waals surface area contributed by atoms with E-state index in [0.717, 1.165) is 19.3 Å². The van der Waals surface area contributed by atoms with Crippen molar-refractivity contribution in [3.05, 3.63) is 30.3 Å². The molecule has 1 aliphatic rings. The summed E-state index contributed by atoms with van der Waals surface area (Å²) in [5.74, 6) is -0.344. The number of rotatable bonds is 7. The molecule has 1 aromatic carbocycles. The molecule has 0 aromatic heterocycles. The molecule has 1 saturated heterocycles. The van der Waals surface area contributed by atoms with Gasteiger partial charge in [-0.25, -0.2) is 8.42 Å². The van der Waals surface area contributed by atoms with Crippen molar-refractivity contribution in [3.8, 4) is 0 Å². The van der Waals surface area contributed by atoms with Gasteiger partial charge in [0.2, 0.25) is 15.9 Å². The molecule has 128 valence electrons. The summed E-state index contributed by atoms with van der Waals surface area (Å²) < 4.78 is 30.3. The normalized spacial score (nSPS) is 16.4. The van der Waals surface area contributed by atoms with E-state index in [-0.39, 0.29) is 12.5 Å². The summed E-state index contributed by atoms with van der Waals surface area (Å²) in [6.07, 6.45) is 1.13. The fourth-order valence-corrected chi connectivity index (χ4v) is 3.09. The van der Waals surface area contributed by atoms with Gasteiger partial charge in [0.15, 0.2) is 0 Å². The van der Waals surface area contributed by atoms with E-state index in [1.54, 1.807) is 12.1 Å². The van der Waals surface area contributed by atoms with Crippen LogP contribution in [0.4, 0.5) is 5.69 Å². The van der Waals surface area contributed by atoms with E-state index in [1.165, 1.54) is 4.31 Å². The van der Waals surface area contributed by atoms with Crippen molar-refractivity contribution in [2.75, 3.05) is 57.5 Å². The Morgan fingerprint density at radius 3 is 2.52 bits per heavy atom. The Balaban J connectivity index is 1.89. The van der Waals surface area contributed by atoms with E-state index in [0.29, 0.717) is 32.0 Å². The first-order chi connectivity index (χ1) is 10.9. The minimum Gasteiger partial charge on any atom is -0.379 e. The number of sulfonamides is 1. The summed E-state index contributed by atoms with van der Waals surface area (Å²) in [5.41, 5.74) is 0.652. The van der Waals surface area contributed by atoms with Crippen LogP contribution in [0.5, 0.6) is 0 Å². The molecule has 0 spiro atoms. The van der Waals surface area contributed by atoms with E-state index < -0.39 is 10.0 Å². The van der Waals surface area contributed by atoms with Crippen molar-refractivity contribution in [2.45, 2.75) is 0 Å². The Bertz CT molecular complexity index is 600. The number of amides is 1. The van der Waals surface area contributed by atoms with Gasteiger partial charge in [-0.1, -0.05) is 18.2 Å². The van der Waals surface area contributed by atoms with Gasteiger partial charge in [0.25, 0.3) is 0 Å². The minimum atomic E-state index is -3.44. The van der Waals surface area contributed by atoms with Gasteiger partial charge in [-0.05, 0) is 12.1 Å². The van der Waals surface area contributed by atoms with Crippen LogP contribution in [0.3, 0.4) is 0 Å². The van der Waals surface area contributed by atoms with E-state index in [2.05, 4.69) is 10.2 Å². The Hall–Kier alpha value is -1.48. The molecule has 1 N–H and O–H groups in total. The van der Waals surface area contributed by atoms with Gasteiger partial charge < -0.3 is 10.1 Å². The van der Waals surface area contributed by atoms with Gasteiger partial charge in [-0.15, -0.1) is 0 Å². The maximum Gasteiger partial charge on any atom is 0.239 e. The average molecular weight is 341 g/mol. The number of carbonyl (C=O) groups excluding carboxylic acids is 1. The van der Waals surface area contributed by atoms with Crippen molar-refractivity contribution in [3.63, 3.8) is 0 Å². The first kappa shape index (κ1) is 17.9. The predicted octanol–water partition coefficient (Wildman–Crippen LogP) is 0.219. The highest BCUT2D eigenvalue weighted by Crippen LogP contribution is 2.06. The second-order valence-electron chi connectivity index (χ2n) is 5.46. The first-order valence-electron chi connectivity index (χ1n) is 7.55. The molecule has 1 heterocycles. The molecule has 1 fully saturated rings. The third-order valence-corrected chi connectivity index (χ3v) is 4.87. The number of carbonyl (C=O) groups is 1. The van der Waals surface area contributed by atoms with Crippen molar-refractivity contribution in [1.82, 2.24) is 9.21 Å². The summed E-state index contributed by atoms with van der Waals surface area (Å²) in [6.45, 7) is 3.59. The highest BCUT2D eigenvalue weighted by Gasteiger charge is 2.21. The van der Waals surface area contributed by atoms with Gasteiger partial charge in [0.1, 0.15) is 0 Å². The number of morpholine rings is 1. The third-order valence-electron chi connectivity index (χ3n) is 3.62. The molecule has 0 radical (unpaired) electrons. The second-order valence-corrected chi connectivity index (χ2v) is 7.45. The summed E-state index contributed by atoms with van der Waals surface area (Å²) in [7, 11) is -3.44. The Morgan fingerprint density at radius 1 is 1.26 bits per heavy atom. The van der Waals surface area contributed by atoms with Crippen LogP contribution in [0.15, 0.2) is 30.3 Å². The van der Waals surface area contributed by atoms with Crippen molar-refractivity contribution < 1.29 is 17.9 Å². The molecule has 8 heteroatoms. The molecule has 1 amide bonds. The molecule has 23 heavy (non-hydrogen) atoms. The maximum atomic E-state index is 12.1. The zero-order valence-corrected chi connectivity index (χ0v) is 14.1. The van der Waals surface area contributed by atoms with Crippen molar-refractivity contribution >= 4 is 21.6 Å². The standard InChI is InChI=1S/C15H23N3O4S/c1-23(20,21)18(8-7-17-9-11-22-12-10-17)13-15(19)16-14-5-3-2-4-6-14/h2-6H,7-13H2,1H3,(H,16,19). The Morgan fingerprint density at radius 2 is 1.91 bits per heavy atom. The van der Waals surface area contributed by atoms with E-state index in [1.807, 2.05) is 18.2 Å². The van der Waals surface area contributed by atoms with Gasteiger partial charge in [-0.2, -0.15) is 4.31 Å². The molecule has 0 atom stereocenters. The molecule has 0 unspecified atom stereocenters. The quantitative estimate of drug-likeness (QED) is 0.767. The number of para-hydroxylation sites is 1. The molecular weight excluding hydrogens is 318 g/mol. The van der Waals surface area contributed by atoms with Gasteiger partial charge in [-0.3, -0.25) is 9.69 Å². The van der Waals surface area contributed by atoms with Crippen LogP contribution < -0.4 is 5.32 Å². The monoisotopic (exact) mass is 341 g/mol. The van der Waals surface area contributed by atoms with Gasteiger partial charge in [0, 0.05) is 31.9 Å². The van der Waals surface area contributed by atoms with Crippen LogP contribution in [0.2, 0.25) is 0 Å². The number of hydrogen-bond acceptors (Lipinski definition) is 5. The molecule has 0 aliphatic carbocycles. The van der Waals surface area contributed by atoms with Crippen LogP contribution in [0.1, 0.15) is 0 Å². The highest BCUT2D eigenvalue weighted by atomic mass is 32.2. The first-order valence-corrected chi connectivity index (χ1v) is 9.40. The molecule has 1 aliphatic heterocycles. The topological polar surface area (TPSA) is 79.0 Å². The maximum absolute atomic E-state index is 12.1. The molecule has 1 aromatic rings. The van der Waals surface area contributed by atoms with E-state index in [9.17, 15) is 13.2 Å². The van der Waals surface area contributed by atoms with Crippen LogP contribution >= 0.6 is 0 Å². The van der Waals surface area contributed by atoms with E-state index in [4.69, 9.17) is 4.74 Å². The van der Waals surface area contributed by atoms with Crippen LogP contribution in [-0.4, -0.2) is 75.7 Å². The molecule has 0 bridgehead atoms. The van der Waals surface area contributed by atoms with Crippen LogP contribution in [0, 0.1) is 0 Å². The lowest BCUT2D eigenvalue weighted by Crippen LogP contribution is -2.45. The average Bonchev–Trinajstić information content (AvgIpc) is 2.52. The van der Waals surface area contributed by atoms with Crippen LogP contribution in [0.25, 0.3) is 0 Å². The Labute approximate surface area is 137 Å². The zero-order valence-electron chi connectivity index (χ0n) is 13.3. The van der Waals surface area contributed by atoms with Crippen LogP contribution in [-0.2, 0) is 19.6 Å². The highest BCUT2D eigenvalue weighted by molar-refractivity contribution is 7.88. The molecular formula is C15H23N3O4S. The fourth-order valence-electron chi connectivity index (χ4n) is 2.32. The number of anilines is 1. The predicted molar refractivity (Wildman–Crippen MR) is 88.7 cm³/mol. The van der Waals surface area contributed by atoms with Gasteiger partial charge >= 0.3 is 0 Å². The number of nitrogens with one attached hydrogen (secondary N) is 1. The summed E-state index contributed by atoms with van der Waals surface area (Å²) in [6, 6.07) is 8.98. The smallest absolute Gasteiger partial charge is 0.239 e. The van der Waals surface area contributed by atoms with Gasteiger partial charge in [0.05, 0.1) is 26.0 Å². The largest absolute Gasteiger partial charge is 0.379 e. The summed E-state index contributed by atoms with van der Waals surface area (Å²) >= 11 is 0. The third kappa shape index (κ3) is 6.26. The molecule has 0 saturated carbocycles. The minimum absolute atomic E-state index is 0.182. The number of ether oxygens (including phenoxy) is 1. The van der Waals surface area contributed by atoms with E-state index >= 15 is 0 Å².